The first-order valence-electron chi connectivity index (χ1n) is 8.75. The van der Waals surface area contributed by atoms with Crippen LogP contribution in [0.5, 0.6) is 5.75 Å². The number of ether oxygens (including phenoxy) is 1. The van der Waals surface area contributed by atoms with Crippen LogP contribution in [0.15, 0.2) is 60.0 Å². The first-order valence-corrected chi connectivity index (χ1v) is 9.73. The summed E-state index contributed by atoms with van der Waals surface area (Å²) in [6, 6.07) is 12.8. The summed E-state index contributed by atoms with van der Waals surface area (Å²) >= 11 is 1.32. The number of anilines is 1. The Morgan fingerprint density at radius 3 is 2.61 bits per heavy atom. The van der Waals surface area contributed by atoms with Gasteiger partial charge in [0.15, 0.2) is 5.16 Å². The van der Waals surface area contributed by atoms with Crippen LogP contribution in [0.2, 0.25) is 0 Å². The Hall–Kier alpha value is -3.06. The Bertz CT molecular complexity index is 996. The van der Waals surface area contributed by atoms with Gasteiger partial charge < -0.3 is 10.1 Å². The smallest absolute Gasteiger partial charge is 0.321 e. The van der Waals surface area contributed by atoms with Crippen LogP contribution >= 0.6 is 11.8 Å². The Kier molecular flexibility index (Phi) is 6.16. The van der Waals surface area contributed by atoms with E-state index in [-0.39, 0.29) is 17.6 Å². The first kappa shape index (κ1) is 19.7. The Balaban J connectivity index is 1.62. The highest BCUT2D eigenvalue weighted by molar-refractivity contribution is 7.99. The molecular weight excluding hydrogens is 374 g/mol. The lowest BCUT2D eigenvalue weighted by atomic mass is 10.1. The van der Waals surface area contributed by atoms with E-state index >= 15 is 0 Å². The largest absolute Gasteiger partial charge is 0.426 e. The third-order valence-corrected chi connectivity index (χ3v) is 5.11. The maximum atomic E-state index is 12.2. The third-order valence-electron chi connectivity index (χ3n) is 4.17. The molecule has 0 saturated heterocycles. The van der Waals surface area contributed by atoms with Crippen molar-refractivity contribution in [1.29, 1.82) is 0 Å². The average molecular weight is 395 g/mol. The molecule has 0 spiro atoms. The topological polar surface area (TPSA) is 73.2 Å². The van der Waals surface area contributed by atoms with Crippen LogP contribution in [-0.4, -0.2) is 27.2 Å². The first-order chi connectivity index (χ1) is 13.4. The molecule has 0 aliphatic rings. The van der Waals surface area contributed by atoms with Gasteiger partial charge >= 0.3 is 5.97 Å². The zero-order valence-corrected chi connectivity index (χ0v) is 16.7. The molecule has 3 rings (SSSR count). The molecule has 0 unspecified atom stereocenters. The standard InChI is InChI=1S/C21H21N3O3S/c1-14-5-4-6-19(15(14)2)24-12-11-22-21(24)28-13-20(26)27-18-9-7-17(8-10-18)23-16(3)25/h4-12H,13H2,1-3H3,(H,23,25). The number of imidazole rings is 1. The molecule has 1 heterocycles. The van der Waals surface area contributed by atoms with Crippen molar-refractivity contribution >= 4 is 29.3 Å². The van der Waals surface area contributed by atoms with Gasteiger partial charge in [-0.25, -0.2) is 4.98 Å². The van der Waals surface area contributed by atoms with E-state index in [1.54, 1.807) is 30.5 Å². The summed E-state index contributed by atoms with van der Waals surface area (Å²) < 4.78 is 7.33. The van der Waals surface area contributed by atoms with E-state index in [1.165, 1.54) is 29.8 Å². The molecule has 1 amide bonds. The van der Waals surface area contributed by atoms with E-state index in [2.05, 4.69) is 30.2 Å². The number of aromatic nitrogens is 2. The lowest BCUT2D eigenvalue weighted by Gasteiger charge is -2.12. The molecule has 3 aromatic rings. The lowest BCUT2D eigenvalue weighted by molar-refractivity contribution is -0.131. The molecule has 0 aliphatic heterocycles. The molecule has 144 valence electrons. The van der Waals surface area contributed by atoms with Gasteiger partial charge in [-0.3, -0.25) is 14.2 Å². The van der Waals surface area contributed by atoms with Gasteiger partial charge in [0.05, 0.1) is 11.4 Å². The summed E-state index contributed by atoms with van der Waals surface area (Å²) in [6.07, 6.45) is 3.60. The minimum atomic E-state index is -0.368. The van der Waals surface area contributed by atoms with Crippen LogP contribution in [-0.2, 0) is 9.59 Å². The van der Waals surface area contributed by atoms with E-state index in [4.69, 9.17) is 4.74 Å². The van der Waals surface area contributed by atoms with Crippen LogP contribution in [0.25, 0.3) is 5.69 Å². The number of benzene rings is 2. The molecule has 0 radical (unpaired) electrons. The van der Waals surface area contributed by atoms with Crippen LogP contribution in [0, 0.1) is 13.8 Å². The number of amides is 1. The fourth-order valence-corrected chi connectivity index (χ4v) is 3.41. The number of hydrogen-bond acceptors (Lipinski definition) is 5. The van der Waals surface area contributed by atoms with Gasteiger partial charge in [0.1, 0.15) is 5.75 Å². The molecule has 0 fully saturated rings. The molecule has 1 aromatic heterocycles. The number of nitrogens with one attached hydrogen (secondary N) is 1. The molecule has 6 nitrogen and oxygen atoms in total. The third kappa shape index (κ3) is 4.80. The van der Waals surface area contributed by atoms with Crippen LogP contribution < -0.4 is 10.1 Å². The predicted molar refractivity (Wildman–Crippen MR) is 110 cm³/mol. The van der Waals surface area contributed by atoms with E-state index in [0.717, 1.165) is 10.8 Å². The minimum absolute atomic E-state index is 0.134. The molecule has 0 atom stereocenters. The van der Waals surface area contributed by atoms with E-state index in [9.17, 15) is 9.59 Å². The normalized spacial score (nSPS) is 10.5. The van der Waals surface area contributed by atoms with Crippen LogP contribution in [0.1, 0.15) is 18.1 Å². The van der Waals surface area contributed by atoms with Crippen molar-refractivity contribution in [1.82, 2.24) is 9.55 Å². The summed E-state index contributed by atoms with van der Waals surface area (Å²) in [5.74, 6) is 0.0425. The predicted octanol–water partition coefficient (Wildman–Crippen LogP) is 4.15. The van der Waals surface area contributed by atoms with Crippen molar-refractivity contribution in [3.8, 4) is 11.4 Å². The number of nitrogens with zero attached hydrogens (tertiary/aromatic N) is 2. The Morgan fingerprint density at radius 1 is 1.14 bits per heavy atom. The summed E-state index contributed by atoms with van der Waals surface area (Å²) in [7, 11) is 0. The second kappa shape index (κ2) is 8.75. The van der Waals surface area contributed by atoms with Gasteiger partial charge in [-0.05, 0) is 55.3 Å². The zero-order valence-electron chi connectivity index (χ0n) is 15.9. The average Bonchev–Trinajstić information content (AvgIpc) is 3.12. The SMILES string of the molecule is CC(=O)Nc1ccc(OC(=O)CSc2nccn2-c2cccc(C)c2C)cc1. The summed E-state index contributed by atoms with van der Waals surface area (Å²) in [5.41, 5.74) is 4.06. The fraction of sp³-hybridized carbons (Fsp3) is 0.190. The molecular formula is C21H21N3O3S. The number of hydrogen-bond donors (Lipinski definition) is 1. The number of esters is 1. The number of carbonyl (C=O) groups is 2. The fourth-order valence-electron chi connectivity index (χ4n) is 2.67. The van der Waals surface area contributed by atoms with Gasteiger partial charge in [0, 0.05) is 25.0 Å². The molecule has 2 aromatic carbocycles. The molecule has 7 heteroatoms. The maximum Gasteiger partial charge on any atom is 0.321 e. The Morgan fingerprint density at radius 2 is 1.89 bits per heavy atom. The molecule has 1 N–H and O–H groups in total. The highest BCUT2D eigenvalue weighted by atomic mass is 32.2. The Labute approximate surface area is 167 Å². The second-order valence-electron chi connectivity index (χ2n) is 6.27. The number of thioether (sulfide) groups is 1. The van der Waals surface area contributed by atoms with Gasteiger partial charge in [-0.2, -0.15) is 0 Å². The molecule has 0 bridgehead atoms. The minimum Gasteiger partial charge on any atom is -0.426 e. The van der Waals surface area contributed by atoms with E-state index in [1.807, 2.05) is 22.9 Å². The van der Waals surface area contributed by atoms with Crippen molar-refractivity contribution in [3.05, 3.63) is 66.0 Å². The van der Waals surface area contributed by atoms with Crippen LogP contribution in [0.4, 0.5) is 5.69 Å². The van der Waals surface area contributed by atoms with Crippen molar-refractivity contribution in [2.24, 2.45) is 0 Å². The van der Waals surface area contributed by atoms with Crippen molar-refractivity contribution in [3.63, 3.8) is 0 Å². The molecule has 0 aliphatic carbocycles. The zero-order chi connectivity index (χ0) is 20.1. The lowest BCUT2D eigenvalue weighted by Crippen LogP contribution is -2.12. The van der Waals surface area contributed by atoms with Gasteiger partial charge in [-0.1, -0.05) is 23.9 Å². The summed E-state index contributed by atoms with van der Waals surface area (Å²) in [4.78, 5) is 27.6. The monoisotopic (exact) mass is 395 g/mol. The van der Waals surface area contributed by atoms with Crippen molar-refractivity contribution in [2.75, 3.05) is 11.1 Å². The van der Waals surface area contributed by atoms with Gasteiger partial charge in [0.25, 0.3) is 0 Å². The van der Waals surface area contributed by atoms with Gasteiger partial charge in [-0.15, -0.1) is 0 Å². The second-order valence-corrected chi connectivity index (χ2v) is 7.21. The van der Waals surface area contributed by atoms with E-state index in [0.29, 0.717) is 11.4 Å². The number of carbonyl (C=O) groups excluding carboxylic acids is 2. The summed E-state index contributed by atoms with van der Waals surface area (Å²) in [6.45, 7) is 5.57. The number of aryl methyl sites for hydroxylation is 1. The quantitative estimate of drug-likeness (QED) is 0.386. The molecule has 0 saturated carbocycles. The highest BCUT2D eigenvalue weighted by Crippen LogP contribution is 2.24. The van der Waals surface area contributed by atoms with E-state index < -0.39 is 0 Å². The highest BCUT2D eigenvalue weighted by Gasteiger charge is 2.12. The maximum absolute atomic E-state index is 12.2. The van der Waals surface area contributed by atoms with Crippen molar-refractivity contribution < 1.29 is 14.3 Å². The van der Waals surface area contributed by atoms with Crippen molar-refractivity contribution in [2.45, 2.75) is 25.9 Å². The summed E-state index contributed by atoms with van der Waals surface area (Å²) in [5, 5.41) is 3.39. The van der Waals surface area contributed by atoms with Crippen LogP contribution in [0.3, 0.4) is 0 Å². The molecule has 28 heavy (non-hydrogen) atoms. The number of rotatable bonds is 6. The van der Waals surface area contributed by atoms with Gasteiger partial charge in [0.2, 0.25) is 5.91 Å².